The predicted octanol–water partition coefficient (Wildman–Crippen LogP) is 4.01. The zero-order valence-electron chi connectivity index (χ0n) is 10.4. The van der Waals surface area contributed by atoms with Gasteiger partial charge in [-0.25, -0.2) is 4.79 Å². The lowest BCUT2D eigenvalue weighted by molar-refractivity contribution is 0.0696. The third-order valence-corrected chi connectivity index (χ3v) is 3.37. The normalized spacial score (nSPS) is 10.3. The number of benzene rings is 1. The lowest BCUT2D eigenvalue weighted by atomic mass is 10.2. The number of halogens is 2. The zero-order valence-corrected chi connectivity index (χ0v) is 12.8. The molecule has 20 heavy (non-hydrogen) atoms. The van der Waals surface area contributed by atoms with Crippen LogP contribution in [0.2, 0.25) is 5.02 Å². The second-order valence-corrected chi connectivity index (χ2v) is 5.22. The van der Waals surface area contributed by atoms with Gasteiger partial charge in [0.2, 0.25) is 0 Å². The van der Waals surface area contributed by atoms with Crippen molar-refractivity contribution in [3.05, 3.63) is 45.3 Å². The van der Waals surface area contributed by atoms with E-state index in [1.165, 1.54) is 12.3 Å². The van der Waals surface area contributed by atoms with Gasteiger partial charge in [0.25, 0.3) is 0 Å². The Hall–Kier alpha value is -1.66. The Morgan fingerprint density at radius 2 is 2.25 bits per heavy atom. The van der Waals surface area contributed by atoms with Crippen molar-refractivity contribution in [2.24, 2.45) is 0 Å². The summed E-state index contributed by atoms with van der Waals surface area (Å²) in [5, 5.41) is 12.4. The smallest absolute Gasteiger partial charge is 0.338 e. The van der Waals surface area contributed by atoms with Crippen LogP contribution in [0.5, 0.6) is 5.75 Å². The van der Waals surface area contributed by atoms with Crippen LogP contribution < -0.4 is 10.1 Å². The van der Waals surface area contributed by atoms with Gasteiger partial charge in [-0.2, -0.15) is 0 Å². The van der Waals surface area contributed by atoms with Crippen molar-refractivity contribution in [1.82, 2.24) is 0 Å². The lowest BCUT2D eigenvalue weighted by Gasteiger charge is -2.12. The average Bonchev–Trinajstić information content (AvgIpc) is 2.84. The molecule has 0 spiro atoms. The molecule has 7 heteroatoms. The summed E-state index contributed by atoms with van der Waals surface area (Å²) in [6.07, 6.45) is 1.20. The van der Waals surface area contributed by atoms with Crippen molar-refractivity contribution >= 4 is 39.2 Å². The third kappa shape index (κ3) is 3.26. The first-order valence-electron chi connectivity index (χ1n) is 5.59. The zero-order chi connectivity index (χ0) is 14.7. The summed E-state index contributed by atoms with van der Waals surface area (Å²) in [4.78, 5) is 10.8. The van der Waals surface area contributed by atoms with Crippen LogP contribution in [0.25, 0.3) is 0 Å². The van der Waals surface area contributed by atoms with Crippen molar-refractivity contribution in [3.63, 3.8) is 0 Å². The summed E-state index contributed by atoms with van der Waals surface area (Å²) in [6.45, 7) is 0.316. The van der Waals surface area contributed by atoms with E-state index in [1.54, 1.807) is 19.2 Å². The van der Waals surface area contributed by atoms with Crippen molar-refractivity contribution in [2.75, 3.05) is 12.4 Å². The van der Waals surface area contributed by atoms with Crippen LogP contribution in [0.1, 0.15) is 16.1 Å². The van der Waals surface area contributed by atoms with E-state index in [9.17, 15) is 4.79 Å². The first kappa shape index (κ1) is 14.7. The van der Waals surface area contributed by atoms with E-state index in [-0.39, 0.29) is 5.56 Å². The molecule has 0 saturated heterocycles. The summed E-state index contributed by atoms with van der Waals surface area (Å²) < 4.78 is 11.1. The molecule has 0 saturated carbocycles. The van der Waals surface area contributed by atoms with E-state index >= 15 is 0 Å². The standard InChI is InChI=1S/C13H11BrClNO4/c1-19-12-10(14)3-8(15)4-11(12)16-5-9-2-7(6-20-9)13(17)18/h2-4,6,16H,5H2,1H3,(H,17,18). The van der Waals surface area contributed by atoms with Crippen LogP contribution in [-0.2, 0) is 6.54 Å². The molecule has 0 unspecified atom stereocenters. The molecule has 1 aromatic carbocycles. The molecule has 5 nitrogen and oxygen atoms in total. The summed E-state index contributed by atoms with van der Waals surface area (Å²) in [5.74, 6) is 0.0862. The van der Waals surface area contributed by atoms with Gasteiger partial charge in [0, 0.05) is 5.02 Å². The Labute approximate surface area is 128 Å². The molecule has 0 bridgehead atoms. The van der Waals surface area contributed by atoms with Gasteiger partial charge in [-0.15, -0.1) is 0 Å². The second kappa shape index (κ2) is 6.19. The molecule has 0 atom stereocenters. The fourth-order valence-corrected chi connectivity index (χ4v) is 2.64. The molecule has 0 aliphatic rings. The van der Waals surface area contributed by atoms with Crippen LogP contribution in [0.3, 0.4) is 0 Å². The molecule has 106 valence electrons. The Balaban J connectivity index is 2.15. The molecule has 0 aliphatic carbocycles. The maximum atomic E-state index is 10.8. The highest BCUT2D eigenvalue weighted by molar-refractivity contribution is 9.10. The van der Waals surface area contributed by atoms with Gasteiger partial charge in [-0.1, -0.05) is 11.6 Å². The average molecular weight is 361 g/mol. The first-order valence-corrected chi connectivity index (χ1v) is 6.76. The Morgan fingerprint density at radius 3 is 2.85 bits per heavy atom. The number of carboxylic acid groups (broad SMARTS) is 1. The van der Waals surface area contributed by atoms with E-state index in [2.05, 4.69) is 21.2 Å². The number of hydrogen-bond donors (Lipinski definition) is 2. The number of furan rings is 1. The molecule has 1 heterocycles. The molecule has 2 rings (SSSR count). The van der Waals surface area contributed by atoms with E-state index in [1.807, 2.05) is 0 Å². The fraction of sp³-hybridized carbons (Fsp3) is 0.154. The van der Waals surface area contributed by atoms with Gasteiger partial charge in [-0.3, -0.25) is 0 Å². The highest BCUT2D eigenvalue weighted by Crippen LogP contribution is 2.36. The number of rotatable bonds is 5. The SMILES string of the molecule is COc1c(Br)cc(Cl)cc1NCc1cc(C(=O)O)co1. The highest BCUT2D eigenvalue weighted by Gasteiger charge is 2.11. The van der Waals surface area contributed by atoms with Gasteiger partial charge >= 0.3 is 5.97 Å². The quantitative estimate of drug-likeness (QED) is 0.843. The lowest BCUT2D eigenvalue weighted by Crippen LogP contribution is -2.01. The molecule has 0 amide bonds. The van der Waals surface area contributed by atoms with Gasteiger partial charge in [-0.05, 0) is 34.1 Å². The largest absolute Gasteiger partial charge is 0.493 e. The summed E-state index contributed by atoms with van der Waals surface area (Å²) >= 11 is 9.34. The first-order chi connectivity index (χ1) is 9.51. The molecular formula is C13H11BrClNO4. The summed E-state index contributed by atoms with van der Waals surface area (Å²) in [6, 6.07) is 4.90. The van der Waals surface area contributed by atoms with Crippen LogP contribution >= 0.6 is 27.5 Å². The van der Waals surface area contributed by atoms with Crippen molar-refractivity contribution in [3.8, 4) is 5.75 Å². The Kier molecular flexibility index (Phi) is 4.57. The second-order valence-electron chi connectivity index (χ2n) is 3.93. The topological polar surface area (TPSA) is 71.7 Å². The summed E-state index contributed by atoms with van der Waals surface area (Å²) in [7, 11) is 1.55. The van der Waals surface area contributed by atoms with E-state index in [0.29, 0.717) is 28.8 Å². The monoisotopic (exact) mass is 359 g/mol. The van der Waals surface area contributed by atoms with Gasteiger partial charge < -0.3 is 19.6 Å². The maximum absolute atomic E-state index is 10.8. The van der Waals surface area contributed by atoms with Crippen LogP contribution in [0.4, 0.5) is 5.69 Å². The highest BCUT2D eigenvalue weighted by atomic mass is 79.9. The number of anilines is 1. The number of aromatic carboxylic acids is 1. The Morgan fingerprint density at radius 1 is 1.50 bits per heavy atom. The molecule has 2 aromatic rings. The van der Waals surface area contributed by atoms with Gasteiger partial charge in [0.1, 0.15) is 12.0 Å². The number of carbonyl (C=O) groups is 1. The van der Waals surface area contributed by atoms with Crippen LogP contribution in [0.15, 0.2) is 33.4 Å². The molecular weight excluding hydrogens is 350 g/mol. The Bertz CT molecular complexity index is 641. The molecule has 1 aromatic heterocycles. The number of nitrogens with one attached hydrogen (secondary N) is 1. The molecule has 2 N–H and O–H groups in total. The molecule has 0 fully saturated rings. The van der Waals surface area contributed by atoms with E-state index < -0.39 is 5.97 Å². The summed E-state index contributed by atoms with van der Waals surface area (Å²) in [5.41, 5.74) is 0.793. The van der Waals surface area contributed by atoms with Crippen LogP contribution in [-0.4, -0.2) is 18.2 Å². The number of carboxylic acids is 1. The van der Waals surface area contributed by atoms with Crippen molar-refractivity contribution in [1.29, 1.82) is 0 Å². The third-order valence-electron chi connectivity index (χ3n) is 2.57. The number of hydrogen-bond acceptors (Lipinski definition) is 4. The van der Waals surface area contributed by atoms with Crippen LogP contribution in [0, 0.1) is 0 Å². The maximum Gasteiger partial charge on any atom is 0.338 e. The fourth-order valence-electron chi connectivity index (χ4n) is 1.67. The number of methoxy groups -OCH3 is 1. The van der Waals surface area contributed by atoms with Crippen molar-refractivity contribution in [2.45, 2.75) is 6.54 Å². The van der Waals surface area contributed by atoms with Crippen molar-refractivity contribution < 1.29 is 19.1 Å². The minimum Gasteiger partial charge on any atom is -0.493 e. The van der Waals surface area contributed by atoms with Gasteiger partial charge in [0.05, 0.1) is 29.4 Å². The predicted molar refractivity (Wildman–Crippen MR) is 78.7 cm³/mol. The van der Waals surface area contributed by atoms with Gasteiger partial charge in [0.15, 0.2) is 5.75 Å². The number of ether oxygens (including phenoxy) is 1. The molecule has 0 radical (unpaired) electrons. The van der Waals surface area contributed by atoms with E-state index in [4.69, 9.17) is 25.9 Å². The van der Waals surface area contributed by atoms with E-state index in [0.717, 1.165) is 4.47 Å². The molecule has 0 aliphatic heterocycles. The minimum atomic E-state index is -1.02. The minimum absolute atomic E-state index is 0.112.